The van der Waals surface area contributed by atoms with E-state index in [-0.39, 0.29) is 0 Å². The smallest absolute Gasteiger partial charge is 0.0972 e. The summed E-state index contributed by atoms with van der Waals surface area (Å²) in [5, 5.41) is 7.33. The fourth-order valence-corrected chi connectivity index (χ4v) is 9.68. The van der Waals surface area contributed by atoms with E-state index in [0.29, 0.717) is 0 Å². The van der Waals surface area contributed by atoms with Gasteiger partial charge in [-0.1, -0.05) is 152 Å². The highest BCUT2D eigenvalue weighted by Gasteiger charge is 2.53. The number of benzene rings is 8. The molecule has 1 spiro atoms. The number of hydrogen-bond acceptors (Lipinski definition) is 2. The van der Waals surface area contributed by atoms with Gasteiger partial charge in [-0.25, -0.2) is 4.98 Å². The van der Waals surface area contributed by atoms with E-state index in [0.717, 1.165) is 33.1 Å². The Labute approximate surface area is 306 Å². The molecule has 0 amide bonds. The van der Waals surface area contributed by atoms with Crippen molar-refractivity contribution in [3.05, 3.63) is 204 Å². The maximum Gasteiger partial charge on any atom is 0.0972 e. The van der Waals surface area contributed by atoms with Crippen LogP contribution in [0.3, 0.4) is 0 Å². The molecule has 0 fully saturated rings. The topological polar surface area (TPSA) is 25.8 Å². The zero-order valence-corrected chi connectivity index (χ0v) is 28.7. The Morgan fingerprint density at radius 2 is 0.962 bits per heavy atom. The van der Waals surface area contributed by atoms with E-state index < -0.39 is 5.41 Å². The van der Waals surface area contributed by atoms with Crippen LogP contribution in [0.25, 0.3) is 88.0 Å². The minimum absolute atomic E-state index is 0.430. The van der Waals surface area contributed by atoms with E-state index in [1.165, 1.54) is 77.2 Å². The molecule has 2 heterocycles. The first kappa shape index (κ1) is 28.8. The molecule has 0 aliphatic heterocycles. The van der Waals surface area contributed by atoms with Crippen molar-refractivity contribution in [1.82, 2.24) is 9.97 Å². The highest BCUT2D eigenvalue weighted by atomic mass is 14.8. The third-order valence-corrected chi connectivity index (χ3v) is 11.9. The molecular weight excluding hydrogens is 641 g/mol. The molecule has 53 heavy (non-hydrogen) atoms. The van der Waals surface area contributed by atoms with Crippen LogP contribution in [0.1, 0.15) is 22.3 Å². The molecule has 0 bridgehead atoms. The predicted molar refractivity (Wildman–Crippen MR) is 219 cm³/mol. The van der Waals surface area contributed by atoms with Gasteiger partial charge in [-0.15, -0.1) is 0 Å². The lowest BCUT2D eigenvalue weighted by Gasteiger charge is -2.32. The maximum absolute atomic E-state index is 5.15. The van der Waals surface area contributed by atoms with E-state index >= 15 is 0 Å². The van der Waals surface area contributed by atoms with Gasteiger partial charge in [0.2, 0.25) is 0 Å². The van der Waals surface area contributed by atoms with Crippen LogP contribution in [0.4, 0.5) is 0 Å². The van der Waals surface area contributed by atoms with Gasteiger partial charge in [0, 0.05) is 22.5 Å². The number of fused-ring (bicyclic) bond motifs is 17. The van der Waals surface area contributed by atoms with E-state index in [2.05, 4.69) is 175 Å². The molecule has 0 unspecified atom stereocenters. The standard InChI is InChI=1S/C51H30N2/c1-2-13-38-31(9-1)20-25-42-43-26-22-36-29-35(34-10-7-11-37(30-34)46-27-23-33-19-18-32-12-8-28-52-49(32)50(33)53-46)21-24-39(36)48(43)51(47(38)42)44-16-5-3-14-40(44)41-15-4-6-17-45(41)51/h1-30H. The SMILES string of the molecule is c1cc(-c2ccc3c4c(ccc3c2)-c2ccc3ccccc3c2C42c3ccccc3-c3ccccc32)cc(-c2ccc3ccc4cccnc4c3n2)c1. The molecule has 0 saturated heterocycles. The van der Waals surface area contributed by atoms with E-state index in [1.807, 2.05) is 12.3 Å². The van der Waals surface area contributed by atoms with Crippen LogP contribution < -0.4 is 0 Å². The molecule has 2 nitrogen and oxygen atoms in total. The molecule has 0 saturated carbocycles. The molecule has 2 aliphatic carbocycles. The molecule has 2 aliphatic rings. The summed E-state index contributed by atoms with van der Waals surface area (Å²) in [6.07, 6.45) is 1.85. The second-order valence-corrected chi connectivity index (χ2v) is 14.5. The number of hydrogen-bond donors (Lipinski definition) is 0. The van der Waals surface area contributed by atoms with Crippen molar-refractivity contribution in [1.29, 1.82) is 0 Å². The van der Waals surface area contributed by atoms with Crippen molar-refractivity contribution in [2.75, 3.05) is 0 Å². The first-order valence-electron chi connectivity index (χ1n) is 18.3. The van der Waals surface area contributed by atoms with Gasteiger partial charge in [-0.2, -0.15) is 0 Å². The minimum Gasteiger partial charge on any atom is -0.254 e. The lowest BCUT2D eigenvalue weighted by Crippen LogP contribution is -2.26. The summed E-state index contributed by atoms with van der Waals surface area (Å²) in [6, 6.07) is 64.9. The Hall–Kier alpha value is -6.90. The molecule has 0 radical (unpaired) electrons. The van der Waals surface area contributed by atoms with Gasteiger partial charge in [0.05, 0.1) is 22.1 Å². The normalized spacial score (nSPS) is 13.4. The van der Waals surface area contributed by atoms with Crippen molar-refractivity contribution in [3.63, 3.8) is 0 Å². The van der Waals surface area contributed by atoms with Crippen molar-refractivity contribution >= 4 is 43.4 Å². The number of nitrogens with zero attached hydrogens (tertiary/aromatic N) is 2. The van der Waals surface area contributed by atoms with Crippen LogP contribution >= 0.6 is 0 Å². The maximum atomic E-state index is 5.15. The Balaban J connectivity index is 1.07. The molecule has 2 heteroatoms. The van der Waals surface area contributed by atoms with Crippen LogP contribution in [-0.2, 0) is 5.41 Å². The van der Waals surface area contributed by atoms with Gasteiger partial charge < -0.3 is 0 Å². The largest absolute Gasteiger partial charge is 0.254 e. The van der Waals surface area contributed by atoms with Crippen molar-refractivity contribution < 1.29 is 0 Å². The average Bonchev–Trinajstić information content (AvgIpc) is 3.71. The van der Waals surface area contributed by atoms with Crippen LogP contribution in [-0.4, -0.2) is 9.97 Å². The molecular formula is C51H30N2. The zero-order valence-electron chi connectivity index (χ0n) is 28.7. The molecule has 10 aromatic rings. The van der Waals surface area contributed by atoms with E-state index in [4.69, 9.17) is 4.98 Å². The summed E-state index contributed by atoms with van der Waals surface area (Å²) in [6.45, 7) is 0. The third-order valence-electron chi connectivity index (χ3n) is 11.9. The Bertz CT molecular complexity index is 3140. The first-order valence-corrected chi connectivity index (χ1v) is 18.3. The quantitative estimate of drug-likeness (QED) is 0.171. The number of rotatable bonds is 2. The number of aromatic nitrogens is 2. The van der Waals surface area contributed by atoms with Crippen LogP contribution in [0, 0.1) is 0 Å². The average molecular weight is 671 g/mol. The van der Waals surface area contributed by atoms with Crippen LogP contribution in [0.2, 0.25) is 0 Å². The van der Waals surface area contributed by atoms with Gasteiger partial charge in [-0.05, 0) is 101 Å². The zero-order chi connectivity index (χ0) is 34.7. The first-order chi connectivity index (χ1) is 26.3. The van der Waals surface area contributed by atoms with Gasteiger partial charge in [-0.3, -0.25) is 4.98 Å². The highest BCUT2D eigenvalue weighted by molar-refractivity contribution is 6.09. The predicted octanol–water partition coefficient (Wildman–Crippen LogP) is 12.8. The van der Waals surface area contributed by atoms with Gasteiger partial charge in [0.25, 0.3) is 0 Å². The monoisotopic (exact) mass is 670 g/mol. The highest BCUT2D eigenvalue weighted by Crippen LogP contribution is 2.65. The Kier molecular flexibility index (Phi) is 5.73. The Morgan fingerprint density at radius 3 is 1.77 bits per heavy atom. The molecule has 0 N–H and O–H groups in total. The lowest BCUT2D eigenvalue weighted by atomic mass is 9.68. The van der Waals surface area contributed by atoms with Gasteiger partial charge in [0.15, 0.2) is 0 Å². The molecule has 0 atom stereocenters. The van der Waals surface area contributed by atoms with Crippen LogP contribution in [0.5, 0.6) is 0 Å². The summed E-state index contributed by atoms with van der Waals surface area (Å²) in [5.41, 5.74) is 16.7. The van der Waals surface area contributed by atoms with E-state index in [1.54, 1.807) is 0 Å². The fourth-order valence-electron chi connectivity index (χ4n) is 9.68. The molecule has 12 rings (SSSR count). The van der Waals surface area contributed by atoms with Crippen molar-refractivity contribution in [3.8, 4) is 44.6 Å². The van der Waals surface area contributed by atoms with E-state index in [9.17, 15) is 0 Å². The second-order valence-electron chi connectivity index (χ2n) is 14.5. The summed E-state index contributed by atoms with van der Waals surface area (Å²) in [7, 11) is 0. The molecule has 8 aromatic carbocycles. The third kappa shape index (κ3) is 3.82. The van der Waals surface area contributed by atoms with Crippen molar-refractivity contribution in [2.45, 2.75) is 5.41 Å². The van der Waals surface area contributed by atoms with Crippen LogP contribution in [0.15, 0.2) is 182 Å². The summed E-state index contributed by atoms with van der Waals surface area (Å²) in [5.74, 6) is 0. The number of pyridine rings is 2. The fraction of sp³-hybridized carbons (Fsp3) is 0.0196. The summed E-state index contributed by atoms with van der Waals surface area (Å²) < 4.78 is 0. The Morgan fingerprint density at radius 1 is 0.358 bits per heavy atom. The molecule has 244 valence electrons. The van der Waals surface area contributed by atoms with Gasteiger partial charge >= 0.3 is 0 Å². The minimum atomic E-state index is -0.430. The lowest BCUT2D eigenvalue weighted by molar-refractivity contribution is 0.809. The summed E-state index contributed by atoms with van der Waals surface area (Å²) in [4.78, 5) is 9.83. The van der Waals surface area contributed by atoms with Crippen molar-refractivity contribution in [2.24, 2.45) is 0 Å². The summed E-state index contributed by atoms with van der Waals surface area (Å²) >= 11 is 0. The molecule has 2 aromatic heterocycles. The second kappa shape index (κ2) is 10.6. The van der Waals surface area contributed by atoms with Gasteiger partial charge in [0.1, 0.15) is 0 Å².